The van der Waals surface area contributed by atoms with Crippen molar-refractivity contribution < 1.29 is 33.3 Å². The molecule has 2 aromatic rings. The Kier molecular flexibility index (Phi) is 7.79. The summed E-state index contributed by atoms with van der Waals surface area (Å²) in [6, 6.07) is 12.7. The molecule has 9 nitrogen and oxygen atoms in total. The fraction of sp³-hybridized carbons (Fsp3) is 0.444. The third-order valence-corrected chi connectivity index (χ3v) is 6.82. The molecule has 0 aromatic heterocycles. The molecule has 9 heteroatoms. The van der Waals surface area contributed by atoms with Crippen molar-refractivity contribution in [1.82, 2.24) is 9.80 Å². The van der Waals surface area contributed by atoms with Crippen LogP contribution < -0.4 is 14.2 Å². The van der Waals surface area contributed by atoms with Gasteiger partial charge in [0.15, 0.2) is 11.5 Å². The number of nitrogens with zero attached hydrogens (tertiary/aromatic N) is 2. The summed E-state index contributed by atoms with van der Waals surface area (Å²) in [5.41, 5.74) is 0.00534. The average molecular weight is 497 g/mol. The van der Waals surface area contributed by atoms with Crippen LogP contribution in [-0.4, -0.2) is 75.2 Å². The van der Waals surface area contributed by atoms with Crippen LogP contribution in [0.2, 0.25) is 0 Å². The van der Waals surface area contributed by atoms with Crippen LogP contribution in [0.5, 0.6) is 17.2 Å². The number of carbonyl (C=O) groups is 3. The summed E-state index contributed by atoms with van der Waals surface area (Å²) in [5.74, 6) is 0.752. The Labute approximate surface area is 210 Å². The van der Waals surface area contributed by atoms with E-state index in [2.05, 4.69) is 0 Å². The van der Waals surface area contributed by atoms with Gasteiger partial charge in [0, 0.05) is 44.2 Å². The predicted octanol–water partition coefficient (Wildman–Crippen LogP) is 2.55. The molecule has 0 saturated carbocycles. The first-order valence-electron chi connectivity index (χ1n) is 12.0. The van der Waals surface area contributed by atoms with Crippen LogP contribution in [-0.2, 0) is 31.1 Å². The fourth-order valence-corrected chi connectivity index (χ4v) is 5.00. The largest absolute Gasteiger partial charge is 0.496 e. The number of carbonyl (C=O) groups excluding carboxylic acids is 3. The first-order chi connectivity index (χ1) is 17.4. The monoisotopic (exact) mass is 496 g/mol. The minimum Gasteiger partial charge on any atom is -0.496 e. The van der Waals surface area contributed by atoms with E-state index < -0.39 is 11.3 Å². The Hall–Kier alpha value is -3.59. The van der Waals surface area contributed by atoms with Crippen molar-refractivity contribution in [2.45, 2.75) is 31.2 Å². The number of hydrogen-bond donors (Lipinski definition) is 0. The third kappa shape index (κ3) is 4.75. The first-order valence-corrected chi connectivity index (χ1v) is 12.0. The summed E-state index contributed by atoms with van der Waals surface area (Å²) in [6.45, 7) is 1.55. The van der Waals surface area contributed by atoms with E-state index in [9.17, 15) is 14.4 Å². The summed E-state index contributed by atoms with van der Waals surface area (Å²) in [4.78, 5) is 43.6. The zero-order valence-corrected chi connectivity index (χ0v) is 21.0. The Morgan fingerprint density at radius 3 is 2.53 bits per heavy atom. The van der Waals surface area contributed by atoms with E-state index >= 15 is 0 Å². The lowest BCUT2D eigenvalue weighted by Gasteiger charge is -2.32. The highest BCUT2D eigenvalue weighted by atomic mass is 16.5. The Morgan fingerprint density at radius 1 is 1.03 bits per heavy atom. The number of para-hydroxylation sites is 2. The van der Waals surface area contributed by atoms with Crippen molar-refractivity contribution in [3.8, 4) is 17.2 Å². The lowest BCUT2D eigenvalue weighted by Crippen LogP contribution is -2.44. The van der Waals surface area contributed by atoms with E-state index in [1.165, 1.54) is 19.1 Å². The zero-order valence-electron chi connectivity index (χ0n) is 21.0. The molecule has 2 aliphatic rings. The van der Waals surface area contributed by atoms with Crippen LogP contribution in [0, 0.1) is 0 Å². The van der Waals surface area contributed by atoms with Gasteiger partial charge in [0.05, 0.1) is 39.4 Å². The topological polar surface area (TPSA) is 94.6 Å². The van der Waals surface area contributed by atoms with Gasteiger partial charge in [0.2, 0.25) is 17.7 Å². The molecule has 4 rings (SSSR count). The van der Waals surface area contributed by atoms with Crippen LogP contribution in [0.4, 0.5) is 0 Å². The Bertz CT molecular complexity index is 1130. The Balaban J connectivity index is 1.69. The normalized spacial score (nSPS) is 19.9. The van der Waals surface area contributed by atoms with Crippen molar-refractivity contribution in [2.75, 3.05) is 47.6 Å². The summed E-state index contributed by atoms with van der Waals surface area (Å²) in [7, 11) is 4.61. The highest BCUT2D eigenvalue weighted by Crippen LogP contribution is 2.44. The van der Waals surface area contributed by atoms with Crippen molar-refractivity contribution in [2.24, 2.45) is 0 Å². The van der Waals surface area contributed by atoms with E-state index in [-0.39, 0.29) is 37.8 Å². The van der Waals surface area contributed by atoms with Gasteiger partial charge >= 0.3 is 0 Å². The molecule has 0 spiro atoms. The number of amides is 3. The predicted molar refractivity (Wildman–Crippen MR) is 131 cm³/mol. The summed E-state index contributed by atoms with van der Waals surface area (Å²) < 4.78 is 22.0. The van der Waals surface area contributed by atoms with Crippen LogP contribution >= 0.6 is 0 Å². The second kappa shape index (κ2) is 11.0. The molecule has 3 amide bonds. The maximum Gasteiger partial charge on any atom is 0.241 e. The van der Waals surface area contributed by atoms with Crippen molar-refractivity contribution in [1.29, 1.82) is 0 Å². The molecule has 2 aromatic carbocycles. The van der Waals surface area contributed by atoms with Gasteiger partial charge in [0.25, 0.3) is 0 Å². The molecule has 36 heavy (non-hydrogen) atoms. The number of rotatable bonds is 8. The quantitative estimate of drug-likeness (QED) is 0.519. The van der Waals surface area contributed by atoms with Gasteiger partial charge in [0.1, 0.15) is 5.75 Å². The lowest BCUT2D eigenvalue weighted by atomic mass is 9.75. The molecule has 0 unspecified atom stereocenters. The highest BCUT2D eigenvalue weighted by Gasteiger charge is 2.55. The first kappa shape index (κ1) is 25.5. The molecule has 1 fully saturated rings. The van der Waals surface area contributed by atoms with E-state index in [1.54, 1.807) is 36.3 Å². The summed E-state index contributed by atoms with van der Waals surface area (Å²) in [5, 5.41) is 0. The highest BCUT2D eigenvalue weighted by molar-refractivity contribution is 6.11. The van der Waals surface area contributed by atoms with E-state index in [0.717, 1.165) is 5.56 Å². The number of fused-ring (bicyclic) bond motifs is 1. The third-order valence-electron chi connectivity index (χ3n) is 6.82. The standard InChI is InChI=1S/C27H32N2O7/c1-33-15-13-29-24(31)17-27(26(29)32,20-9-4-5-10-21(20)34-2)16-23(30)28-12-7-14-36-25-19(18-28)8-6-11-22(25)35-3/h4-6,8-11H,7,12-18H2,1-3H3/t27-/m0/s1. The molecule has 2 heterocycles. The van der Waals surface area contributed by atoms with Gasteiger partial charge < -0.3 is 23.8 Å². The average Bonchev–Trinajstić information content (AvgIpc) is 3.11. The number of ether oxygens (including phenoxy) is 4. The van der Waals surface area contributed by atoms with Crippen molar-refractivity contribution >= 4 is 17.7 Å². The summed E-state index contributed by atoms with van der Waals surface area (Å²) in [6.07, 6.45) is 0.363. The maximum atomic E-state index is 13.8. The number of hydrogen-bond acceptors (Lipinski definition) is 7. The molecule has 2 aliphatic heterocycles. The Morgan fingerprint density at radius 2 is 1.78 bits per heavy atom. The number of methoxy groups -OCH3 is 3. The minimum atomic E-state index is -1.36. The van der Waals surface area contributed by atoms with Crippen LogP contribution in [0.3, 0.4) is 0 Å². The molecular formula is C27H32N2O7. The van der Waals surface area contributed by atoms with Gasteiger partial charge in [-0.3, -0.25) is 19.3 Å². The van der Waals surface area contributed by atoms with Gasteiger partial charge in [-0.05, 0) is 18.6 Å². The molecule has 0 aliphatic carbocycles. The lowest BCUT2D eigenvalue weighted by molar-refractivity contribution is -0.143. The van der Waals surface area contributed by atoms with Gasteiger partial charge in [-0.1, -0.05) is 30.3 Å². The molecule has 0 radical (unpaired) electrons. The molecule has 0 bridgehead atoms. The molecule has 0 N–H and O–H groups in total. The molecule has 192 valence electrons. The van der Waals surface area contributed by atoms with Crippen LogP contribution in [0.15, 0.2) is 42.5 Å². The van der Waals surface area contributed by atoms with Gasteiger partial charge in [-0.15, -0.1) is 0 Å². The van der Waals surface area contributed by atoms with E-state index in [1.807, 2.05) is 18.2 Å². The van der Waals surface area contributed by atoms with Crippen LogP contribution in [0.1, 0.15) is 30.4 Å². The molecule has 1 saturated heterocycles. The van der Waals surface area contributed by atoms with E-state index in [4.69, 9.17) is 18.9 Å². The number of benzene rings is 2. The van der Waals surface area contributed by atoms with Crippen molar-refractivity contribution in [3.63, 3.8) is 0 Å². The number of imide groups is 1. The minimum absolute atomic E-state index is 0.108. The van der Waals surface area contributed by atoms with Crippen molar-refractivity contribution in [3.05, 3.63) is 53.6 Å². The smallest absolute Gasteiger partial charge is 0.241 e. The fourth-order valence-electron chi connectivity index (χ4n) is 5.00. The second-order valence-corrected chi connectivity index (χ2v) is 8.95. The van der Waals surface area contributed by atoms with Crippen LogP contribution in [0.25, 0.3) is 0 Å². The number of likely N-dealkylation sites (tertiary alicyclic amines) is 1. The maximum absolute atomic E-state index is 13.8. The molecule has 1 atom stereocenters. The summed E-state index contributed by atoms with van der Waals surface area (Å²) >= 11 is 0. The second-order valence-electron chi connectivity index (χ2n) is 8.95. The van der Waals surface area contributed by atoms with Gasteiger partial charge in [-0.2, -0.15) is 0 Å². The zero-order chi connectivity index (χ0) is 25.7. The molecular weight excluding hydrogens is 464 g/mol. The SMILES string of the molecule is COCCN1C(=O)C[C@@](CC(=O)N2CCCOc3c(cccc3OC)C2)(c2ccccc2OC)C1=O. The van der Waals surface area contributed by atoms with Gasteiger partial charge in [-0.25, -0.2) is 0 Å². The van der Waals surface area contributed by atoms with E-state index in [0.29, 0.717) is 48.9 Å².